The molecule has 0 aliphatic heterocycles. The average molecular weight is 288 g/mol. The molecule has 0 aliphatic carbocycles. The van der Waals surface area contributed by atoms with Crippen LogP contribution in [0.5, 0.6) is 0 Å². The van der Waals surface area contributed by atoms with Gasteiger partial charge in [0.1, 0.15) is 5.82 Å². The molecule has 114 valence electrons. The molecule has 1 N–H and O–H groups in total. The summed E-state index contributed by atoms with van der Waals surface area (Å²) in [6.45, 7) is 11.7. The van der Waals surface area contributed by atoms with E-state index >= 15 is 0 Å². The first-order valence-corrected chi connectivity index (χ1v) is 7.48. The zero-order valence-electron chi connectivity index (χ0n) is 13.5. The molecule has 0 radical (unpaired) electrons. The molecular weight excluding hydrogens is 264 g/mol. The van der Waals surface area contributed by atoms with Gasteiger partial charge in [0, 0.05) is 12.5 Å². The number of carboxylic acids is 1. The maximum atomic E-state index is 11.2. The van der Waals surface area contributed by atoms with E-state index in [9.17, 15) is 9.90 Å². The zero-order valence-corrected chi connectivity index (χ0v) is 13.5. The second-order valence-corrected chi connectivity index (χ2v) is 6.74. The molecule has 1 heterocycles. The number of aromatic nitrogens is 2. The van der Waals surface area contributed by atoms with E-state index < -0.39 is 5.97 Å². The quantitative estimate of drug-likeness (QED) is 0.892. The molecule has 4 nitrogen and oxygen atoms in total. The zero-order chi connectivity index (χ0) is 15.8. The fourth-order valence-corrected chi connectivity index (χ4v) is 2.42. The topological polar surface area (TPSA) is 55.1 Å². The molecule has 0 saturated heterocycles. The van der Waals surface area contributed by atoms with Crippen LogP contribution in [-0.4, -0.2) is 20.6 Å². The van der Waals surface area contributed by atoms with Crippen LogP contribution in [0.1, 0.15) is 63.1 Å². The Morgan fingerprint density at radius 2 is 2.05 bits per heavy atom. The number of carbonyl (C=O) groups is 1. The summed E-state index contributed by atoms with van der Waals surface area (Å²) in [6.07, 6.45) is 1.06. The number of carboxylic acid groups (broad SMARTS) is 1. The largest absolute Gasteiger partial charge is 0.478 e. The van der Waals surface area contributed by atoms with Crippen LogP contribution in [0.4, 0.5) is 0 Å². The second-order valence-electron chi connectivity index (χ2n) is 6.74. The molecule has 0 saturated carbocycles. The Kier molecular flexibility index (Phi) is 4.08. The van der Waals surface area contributed by atoms with E-state index in [0.717, 1.165) is 29.8 Å². The summed E-state index contributed by atoms with van der Waals surface area (Å²) in [4.78, 5) is 15.9. The first-order chi connectivity index (χ1) is 9.75. The summed E-state index contributed by atoms with van der Waals surface area (Å²) in [5.41, 5.74) is 2.25. The highest BCUT2D eigenvalue weighted by Crippen LogP contribution is 2.29. The van der Waals surface area contributed by atoms with Crippen molar-refractivity contribution in [2.24, 2.45) is 5.41 Å². The standard InChI is InChI=1S/C17H24N2O2/c1-6-17(4,5)10-19-14-9-12(16(20)21)7-8-13(14)18-15(19)11(2)3/h7-9,11H,6,10H2,1-5H3,(H,20,21). The molecule has 0 bridgehead atoms. The number of hydrogen-bond donors (Lipinski definition) is 1. The Morgan fingerprint density at radius 1 is 1.38 bits per heavy atom. The third-order valence-electron chi connectivity index (χ3n) is 4.08. The number of aromatic carboxylic acids is 1. The average Bonchev–Trinajstić information content (AvgIpc) is 2.76. The molecular formula is C17H24N2O2. The van der Waals surface area contributed by atoms with Gasteiger partial charge in [-0.2, -0.15) is 0 Å². The molecule has 0 spiro atoms. The number of benzene rings is 1. The molecule has 1 aromatic carbocycles. The van der Waals surface area contributed by atoms with Gasteiger partial charge in [-0.1, -0.05) is 34.6 Å². The van der Waals surface area contributed by atoms with Crippen molar-refractivity contribution in [3.05, 3.63) is 29.6 Å². The minimum absolute atomic E-state index is 0.149. The van der Waals surface area contributed by atoms with Gasteiger partial charge in [-0.15, -0.1) is 0 Å². The number of imidazole rings is 1. The Bertz CT molecular complexity index is 669. The van der Waals surface area contributed by atoms with Crippen LogP contribution in [0.3, 0.4) is 0 Å². The van der Waals surface area contributed by atoms with Crippen molar-refractivity contribution >= 4 is 17.0 Å². The maximum Gasteiger partial charge on any atom is 0.335 e. The first-order valence-electron chi connectivity index (χ1n) is 7.48. The highest BCUT2D eigenvalue weighted by Gasteiger charge is 2.22. The third kappa shape index (κ3) is 3.09. The van der Waals surface area contributed by atoms with Gasteiger partial charge in [-0.3, -0.25) is 0 Å². The van der Waals surface area contributed by atoms with Gasteiger partial charge in [-0.05, 0) is 30.0 Å². The maximum absolute atomic E-state index is 11.2. The molecule has 0 atom stereocenters. The van der Waals surface area contributed by atoms with Crippen molar-refractivity contribution in [2.45, 2.75) is 53.5 Å². The van der Waals surface area contributed by atoms with Crippen molar-refractivity contribution in [1.82, 2.24) is 9.55 Å². The van der Waals surface area contributed by atoms with Crippen LogP contribution in [0, 0.1) is 5.41 Å². The van der Waals surface area contributed by atoms with E-state index in [2.05, 4.69) is 39.2 Å². The van der Waals surface area contributed by atoms with Crippen LogP contribution in [0.25, 0.3) is 11.0 Å². The van der Waals surface area contributed by atoms with E-state index in [1.807, 2.05) is 0 Å². The Labute approximate surface area is 125 Å². The highest BCUT2D eigenvalue weighted by atomic mass is 16.4. The van der Waals surface area contributed by atoms with E-state index in [-0.39, 0.29) is 5.41 Å². The fraction of sp³-hybridized carbons (Fsp3) is 0.529. The van der Waals surface area contributed by atoms with E-state index in [1.165, 1.54) is 0 Å². The van der Waals surface area contributed by atoms with Gasteiger partial charge in [0.25, 0.3) is 0 Å². The van der Waals surface area contributed by atoms with Gasteiger partial charge in [0.15, 0.2) is 0 Å². The highest BCUT2D eigenvalue weighted by molar-refractivity contribution is 5.92. The van der Waals surface area contributed by atoms with Crippen LogP contribution >= 0.6 is 0 Å². The van der Waals surface area contributed by atoms with Gasteiger partial charge < -0.3 is 9.67 Å². The molecule has 2 rings (SSSR count). The third-order valence-corrected chi connectivity index (χ3v) is 4.08. The monoisotopic (exact) mass is 288 g/mol. The van der Waals surface area contributed by atoms with Crippen molar-refractivity contribution in [1.29, 1.82) is 0 Å². The van der Waals surface area contributed by atoms with E-state index in [0.29, 0.717) is 11.5 Å². The summed E-state index contributed by atoms with van der Waals surface area (Å²) in [6, 6.07) is 5.17. The van der Waals surface area contributed by atoms with Crippen molar-refractivity contribution in [2.75, 3.05) is 0 Å². The summed E-state index contributed by atoms with van der Waals surface area (Å²) in [5, 5.41) is 9.20. The lowest BCUT2D eigenvalue weighted by atomic mass is 9.90. The van der Waals surface area contributed by atoms with E-state index in [4.69, 9.17) is 4.98 Å². The van der Waals surface area contributed by atoms with Crippen molar-refractivity contribution < 1.29 is 9.90 Å². The predicted octanol–water partition coefficient (Wildman–Crippen LogP) is 4.29. The molecule has 0 fully saturated rings. The van der Waals surface area contributed by atoms with Crippen molar-refractivity contribution in [3.63, 3.8) is 0 Å². The summed E-state index contributed by atoms with van der Waals surface area (Å²) >= 11 is 0. The fourth-order valence-electron chi connectivity index (χ4n) is 2.42. The van der Waals surface area contributed by atoms with Crippen LogP contribution in [-0.2, 0) is 6.54 Å². The molecule has 4 heteroatoms. The molecule has 2 aromatic rings. The van der Waals surface area contributed by atoms with Crippen LogP contribution < -0.4 is 0 Å². The molecule has 0 amide bonds. The number of fused-ring (bicyclic) bond motifs is 1. The second kappa shape index (κ2) is 5.51. The van der Waals surface area contributed by atoms with Gasteiger partial charge in [-0.25, -0.2) is 9.78 Å². The van der Waals surface area contributed by atoms with Crippen molar-refractivity contribution in [3.8, 4) is 0 Å². The lowest BCUT2D eigenvalue weighted by Gasteiger charge is -2.25. The smallest absolute Gasteiger partial charge is 0.335 e. The SMILES string of the molecule is CCC(C)(C)Cn1c(C(C)C)nc2ccc(C(=O)O)cc21. The van der Waals surface area contributed by atoms with Gasteiger partial charge in [0.2, 0.25) is 0 Å². The molecule has 0 unspecified atom stereocenters. The minimum Gasteiger partial charge on any atom is -0.478 e. The molecule has 21 heavy (non-hydrogen) atoms. The van der Waals surface area contributed by atoms with Gasteiger partial charge >= 0.3 is 5.97 Å². The Balaban J connectivity index is 2.64. The predicted molar refractivity (Wildman–Crippen MR) is 84.9 cm³/mol. The first kappa shape index (κ1) is 15.5. The van der Waals surface area contributed by atoms with E-state index in [1.54, 1.807) is 18.2 Å². The molecule has 0 aliphatic rings. The molecule has 1 aromatic heterocycles. The van der Waals surface area contributed by atoms with Gasteiger partial charge in [0.05, 0.1) is 16.6 Å². The van der Waals surface area contributed by atoms with Crippen LogP contribution in [0.15, 0.2) is 18.2 Å². The Hall–Kier alpha value is -1.84. The normalized spacial score (nSPS) is 12.3. The summed E-state index contributed by atoms with van der Waals surface area (Å²) in [5.74, 6) is 0.429. The number of rotatable bonds is 5. The van der Waals surface area contributed by atoms with Crippen LogP contribution in [0.2, 0.25) is 0 Å². The number of nitrogens with zero attached hydrogens (tertiary/aromatic N) is 2. The number of hydrogen-bond acceptors (Lipinski definition) is 2. The lowest BCUT2D eigenvalue weighted by Crippen LogP contribution is -2.20. The lowest BCUT2D eigenvalue weighted by molar-refractivity contribution is 0.0697. The minimum atomic E-state index is -0.898. The summed E-state index contributed by atoms with van der Waals surface area (Å²) < 4.78 is 2.19. The summed E-state index contributed by atoms with van der Waals surface area (Å²) in [7, 11) is 0. The Morgan fingerprint density at radius 3 is 2.57 bits per heavy atom.